The Labute approximate surface area is 104 Å². The average Bonchev–Trinajstić information content (AvgIpc) is 2.28. The lowest BCUT2D eigenvalue weighted by Crippen LogP contribution is -2.44. The highest BCUT2D eigenvalue weighted by Crippen LogP contribution is 2.15. The molecule has 1 fully saturated rings. The molecule has 0 aliphatic carbocycles. The van der Waals surface area contributed by atoms with Crippen molar-refractivity contribution in [3.05, 3.63) is 34.3 Å². The molecule has 1 amide bonds. The van der Waals surface area contributed by atoms with Crippen molar-refractivity contribution in [3.63, 3.8) is 0 Å². The van der Waals surface area contributed by atoms with Crippen molar-refractivity contribution in [2.24, 2.45) is 0 Å². The van der Waals surface area contributed by atoms with Crippen LogP contribution in [0.25, 0.3) is 0 Å². The zero-order chi connectivity index (χ0) is 11.5. The predicted molar refractivity (Wildman–Crippen MR) is 65.5 cm³/mol. The molecule has 0 radical (unpaired) electrons. The molecule has 86 valence electrons. The Bertz CT molecular complexity index is 394. The molecule has 0 N–H and O–H groups in total. The first-order valence-corrected chi connectivity index (χ1v) is 6.12. The van der Waals surface area contributed by atoms with E-state index in [0.717, 1.165) is 10.0 Å². The second-order valence-electron chi connectivity index (χ2n) is 3.94. The summed E-state index contributed by atoms with van der Waals surface area (Å²) in [4.78, 5) is 14.0. The summed E-state index contributed by atoms with van der Waals surface area (Å²) < 4.78 is 6.34. The molecule has 1 aromatic rings. The Kier molecular flexibility index (Phi) is 3.61. The van der Waals surface area contributed by atoms with E-state index in [-0.39, 0.29) is 12.0 Å². The molecule has 16 heavy (non-hydrogen) atoms. The van der Waals surface area contributed by atoms with Crippen molar-refractivity contribution < 1.29 is 9.53 Å². The van der Waals surface area contributed by atoms with Gasteiger partial charge in [0.05, 0.1) is 12.7 Å². The molecule has 1 saturated heterocycles. The quantitative estimate of drug-likeness (QED) is 0.792. The minimum Gasteiger partial charge on any atom is -0.375 e. The third kappa shape index (κ3) is 2.62. The van der Waals surface area contributed by atoms with E-state index in [4.69, 9.17) is 4.74 Å². The summed E-state index contributed by atoms with van der Waals surface area (Å²) in [6.45, 7) is 3.96. The van der Waals surface area contributed by atoms with E-state index in [0.29, 0.717) is 19.7 Å². The van der Waals surface area contributed by atoms with Gasteiger partial charge in [0.25, 0.3) is 5.91 Å². The summed E-state index contributed by atoms with van der Waals surface area (Å²) in [7, 11) is 0. The molecular formula is C12H14BrNO2. The van der Waals surface area contributed by atoms with Gasteiger partial charge in [-0.3, -0.25) is 4.79 Å². The van der Waals surface area contributed by atoms with Crippen LogP contribution < -0.4 is 0 Å². The number of rotatable bonds is 1. The van der Waals surface area contributed by atoms with Crippen molar-refractivity contribution in [3.8, 4) is 0 Å². The fourth-order valence-corrected chi connectivity index (χ4v) is 2.21. The zero-order valence-electron chi connectivity index (χ0n) is 9.15. The third-order valence-electron chi connectivity index (χ3n) is 2.60. The molecule has 1 atom stereocenters. The van der Waals surface area contributed by atoms with Gasteiger partial charge in [-0.15, -0.1) is 0 Å². The number of hydrogen-bond acceptors (Lipinski definition) is 2. The van der Waals surface area contributed by atoms with Gasteiger partial charge in [0.15, 0.2) is 0 Å². The highest BCUT2D eigenvalue weighted by Gasteiger charge is 2.22. The lowest BCUT2D eigenvalue weighted by atomic mass is 10.2. The molecule has 3 nitrogen and oxygen atoms in total. The van der Waals surface area contributed by atoms with Crippen LogP contribution in [-0.2, 0) is 4.74 Å². The monoisotopic (exact) mass is 283 g/mol. The molecule has 4 heteroatoms. The number of carbonyl (C=O) groups excluding carboxylic acids is 1. The Morgan fingerprint density at radius 3 is 3.06 bits per heavy atom. The lowest BCUT2D eigenvalue weighted by Gasteiger charge is -2.31. The number of halogens is 1. The minimum atomic E-state index is 0.0800. The molecule has 0 spiro atoms. The van der Waals surface area contributed by atoms with Crippen molar-refractivity contribution in [1.29, 1.82) is 0 Å². The minimum absolute atomic E-state index is 0.0800. The molecule has 1 aromatic carbocycles. The maximum absolute atomic E-state index is 12.1. The summed E-state index contributed by atoms with van der Waals surface area (Å²) in [5, 5.41) is 0. The molecule has 1 heterocycles. The topological polar surface area (TPSA) is 29.5 Å². The average molecular weight is 284 g/mol. The molecule has 1 aliphatic heterocycles. The van der Waals surface area contributed by atoms with Gasteiger partial charge in [0.2, 0.25) is 0 Å². The van der Waals surface area contributed by atoms with Crippen molar-refractivity contribution >= 4 is 21.8 Å². The van der Waals surface area contributed by atoms with E-state index in [1.54, 1.807) is 0 Å². The van der Waals surface area contributed by atoms with Gasteiger partial charge in [0, 0.05) is 23.1 Å². The van der Waals surface area contributed by atoms with Gasteiger partial charge in [-0.05, 0) is 25.1 Å². The van der Waals surface area contributed by atoms with Crippen LogP contribution in [-0.4, -0.2) is 36.6 Å². The van der Waals surface area contributed by atoms with Gasteiger partial charge in [-0.25, -0.2) is 0 Å². The number of morpholine rings is 1. The SMILES string of the molecule is C[C@H]1CN(C(=O)c2cccc(Br)c2)CCO1. The second kappa shape index (κ2) is 4.97. The number of amides is 1. The Morgan fingerprint density at radius 2 is 2.38 bits per heavy atom. The first-order chi connectivity index (χ1) is 7.66. The summed E-state index contributed by atoms with van der Waals surface area (Å²) in [6.07, 6.45) is 0.129. The lowest BCUT2D eigenvalue weighted by molar-refractivity contribution is -0.0124. The summed E-state index contributed by atoms with van der Waals surface area (Å²) >= 11 is 3.37. The molecule has 0 bridgehead atoms. The normalized spacial score (nSPS) is 20.9. The van der Waals surface area contributed by atoms with Crippen LogP contribution in [0.15, 0.2) is 28.7 Å². The standard InChI is InChI=1S/C12H14BrNO2/c1-9-8-14(5-6-16-9)12(15)10-3-2-4-11(13)7-10/h2-4,7,9H,5-6,8H2,1H3/t9-/m0/s1. The smallest absolute Gasteiger partial charge is 0.254 e. The van der Waals surface area contributed by atoms with Gasteiger partial charge in [0.1, 0.15) is 0 Å². The fourth-order valence-electron chi connectivity index (χ4n) is 1.81. The highest BCUT2D eigenvalue weighted by atomic mass is 79.9. The van der Waals surface area contributed by atoms with E-state index in [9.17, 15) is 4.79 Å². The number of hydrogen-bond donors (Lipinski definition) is 0. The highest BCUT2D eigenvalue weighted by molar-refractivity contribution is 9.10. The van der Waals surface area contributed by atoms with E-state index in [1.807, 2.05) is 36.1 Å². The Morgan fingerprint density at radius 1 is 1.56 bits per heavy atom. The molecule has 2 rings (SSSR count). The van der Waals surface area contributed by atoms with Crippen LogP contribution >= 0.6 is 15.9 Å². The van der Waals surface area contributed by atoms with Gasteiger partial charge >= 0.3 is 0 Å². The summed E-state index contributed by atoms with van der Waals surface area (Å²) in [5.41, 5.74) is 0.725. The van der Waals surface area contributed by atoms with Crippen LogP contribution in [0.1, 0.15) is 17.3 Å². The Balaban J connectivity index is 2.12. The fraction of sp³-hybridized carbons (Fsp3) is 0.417. The maximum Gasteiger partial charge on any atom is 0.254 e. The van der Waals surface area contributed by atoms with Crippen LogP contribution in [0, 0.1) is 0 Å². The largest absolute Gasteiger partial charge is 0.375 e. The van der Waals surface area contributed by atoms with E-state index >= 15 is 0 Å². The first kappa shape index (κ1) is 11.6. The van der Waals surface area contributed by atoms with Crippen molar-refractivity contribution in [1.82, 2.24) is 4.90 Å². The van der Waals surface area contributed by atoms with E-state index in [2.05, 4.69) is 15.9 Å². The van der Waals surface area contributed by atoms with E-state index < -0.39 is 0 Å². The molecular weight excluding hydrogens is 270 g/mol. The molecule has 0 unspecified atom stereocenters. The first-order valence-electron chi connectivity index (χ1n) is 5.33. The van der Waals surface area contributed by atoms with Crippen molar-refractivity contribution in [2.45, 2.75) is 13.0 Å². The van der Waals surface area contributed by atoms with E-state index in [1.165, 1.54) is 0 Å². The summed E-state index contributed by atoms with van der Waals surface area (Å²) in [6, 6.07) is 7.48. The number of benzene rings is 1. The molecule has 0 aromatic heterocycles. The summed E-state index contributed by atoms with van der Waals surface area (Å²) in [5.74, 6) is 0.0800. The van der Waals surface area contributed by atoms with Crippen LogP contribution in [0.2, 0.25) is 0 Å². The van der Waals surface area contributed by atoms with Crippen LogP contribution in [0.5, 0.6) is 0 Å². The Hall–Kier alpha value is -0.870. The third-order valence-corrected chi connectivity index (χ3v) is 3.09. The van der Waals surface area contributed by atoms with Crippen LogP contribution in [0.3, 0.4) is 0 Å². The number of carbonyl (C=O) groups is 1. The predicted octanol–water partition coefficient (Wildman–Crippen LogP) is 2.31. The number of ether oxygens (including phenoxy) is 1. The van der Waals surface area contributed by atoms with Gasteiger partial charge in [-0.1, -0.05) is 22.0 Å². The van der Waals surface area contributed by atoms with Gasteiger partial charge in [-0.2, -0.15) is 0 Å². The number of nitrogens with zero attached hydrogens (tertiary/aromatic N) is 1. The van der Waals surface area contributed by atoms with Gasteiger partial charge < -0.3 is 9.64 Å². The zero-order valence-corrected chi connectivity index (χ0v) is 10.7. The van der Waals surface area contributed by atoms with Crippen molar-refractivity contribution in [2.75, 3.05) is 19.7 Å². The van der Waals surface area contributed by atoms with Crippen LogP contribution in [0.4, 0.5) is 0 Å². The molecule has 0 saturated carbocycles. The second-order valence-corrected chi connectivity index (χ2v) is 4.86. The maximum atomic E-state index is 12.1. The molecule has 1 aliphatic rings.